The number of amidine groups is 1. The first-order valence-corrected chi connectivity index (χ1v) is 9.73. The minimum absolute atomic E-state index is 0.00770. The van der Waals surface area contributed by atoms with Crippen LogP contribution >= 0.6 is 24.0 Å². The molecule has 1 aromatic heterocycles. The number of hydrogen-bond acceptors (Lipinski definition) is 5. The van der Waals surface area contributed by atoms with Gasteiger partial charge in [-0.25, -0.2) is 0 Å². The average Bonchev–Trinajstić information content (AvgIpc) is 3.10. The summed E-state index contributed by atoms with van der Waals surface area (Å²) in [6, 6.07) is 7.37. The van der Waals surface area contributed by atoms with Crippen LogP contribution in [-0.2, 0) is 11.3 Å². The number of hydrogen-bond donors (Lipinski definition) is 2. The van der Waals surface area contributed by atoms with E-state index in [1.165, 1.54) is 0 Å². The lowest BCUT2D eigenvalue weighted by atomic mass is 10.2. The number of benzene rings is 1. The van der Waals surface area contributed by atoms with E-state index < -0.39 is 0 Å². The largest absolute Gasteiger partial charge is 0.332 e. The summed E-state index contributed by atoms with van der Waals surface area (Å²) in [6.07, 6.45) is 2.92. The first-order chi connectivity index (χ1) is 12.1. The molecule has 1 amide bonds. The van der Waals surface area contributed by atoms with E-state index in [4.69, 9.17) is 12.2 Å². The number of amides is 1. The Bertz CT molecular complexity index is 917. The Morgan fingerprint density at radius 3 is 2.96 bits per heavy atom. The number of para-hydroxylation sites is 1. The zero-order chi connectivity index (χ0) is 17.6. The molecule has 1 aliphatic rings. The van der Waals surface area contributed by atoms with Crippen LogP contribution in [0.2, 0.25) is 0 Å². The monoisotopic (exact) mass is 376 g/mol. The Hall–Kier alpha value is -1.93. The average molecular weight is 377 g/mol. The lowest BCUT2D eigenvalue weighted by molar-refractivity contribution is -0.119. The molecule has 0 atom stereocenters. The molecule has 1 aromatic carbocycles. The third kappa shape index (κ3) is 4.58. The molecule has 0 radical (unpaired) electrons. The number of rotatable bonds is 6. The lowest BCUT2D eigenvalue weighted by Crippen LogP contribution is -2.27. The molecule has 0 unspecified atom stereocenters. The number of H-pyrrole nitrogens is 1. The molecule has 3 rings (SSSR count). The zero-order valence-electron chi connectivity index (χ0n) is 13.8. The van der Waals surface area contributed by atoms with Gasteiger partial charge in [0.2, 0.25) is 5.91 Å². The van der Waals surface area contributed by atoms with E-state index in [-0.39, 0.29) is 11.5 Å². The van der Waals surface area contributed by atoms with E-state index in [2.05, 4.69) is 15.3 Å². The molecule has 1 aliphatic heterocycles. The minimum Gasteiger partial charge on any atom is -0.332 e. The summed E-state index contributed by atoms with van der Waals surface area (Å²) >= 11 is 6.88. The van der Waals surface area contributed by atoms with Gasteiger partial charge in [0.25, 0.3) is 5.56 Å². The van der Waals surface area contributed by atoms with Crippen LogP contribution in [0.4, 0.5) is 0 Å². The number of aliphatic imine (C=N–C) groups is 1. The molecule has 0 fully saturated rings. The standard InChI is InChI=1S/C17H20N4O2S2/c22-14(20-16-18-9-11-25-16)8-2-1-5-10-21-15(23)12-6-3-4-7-13(12)19-17(21)24/h3-4,6-7H,1-2,5,8-11H2,(H,19,24)(H,18,20,22). The smallest absolute Gasteiger partial charge is 0.262 e. The maximum atomic E-state index is 12.5. The van der Waals surface area contributed by atoms with Gasteiger partial charge in [-0.05, 0) is 37.2 Å². The van der Waals surface area contributed by atoms with E-state index >= 15 is 0 Å². The number of carbonyl (C=O) groups excluding carboxylic acids is 1. The van der Waals surface area contributed by atoms with Gasteiger partial charge in [-0.2, -0.15) is 0 Å². The minimum atomic E-state index is -0.0617. The summed E-state index contributed by atoms with van der Waals surface area (Å²) in [7, 11) is 0. The summed E-state index contributed by atoms with van der Waals surface area (Å²) in [4.78, 5) is 31.6. The summed E-state index contributed by atoms with van der Waals surface area (Å²) in [6.45, 7) is 1.34. The van der Waals surface area contributed by atoms with Gasteiger partial charge < -0.3 is 10.3 Å². The number of nitrogens with one attached hydrogen (secondary N) is 2. The summed E-state index contributed by atoms with van der Waals surface area (Å²) in [5.41, 5.74) is 0.700. The molecule has 0 spiro atoms. The van der Waals surface area contributed by atoms with Crippen molar-refractivity contribution in [3.8, 4) is 0 Å². The van der Waals surface area contributed by atoms with Crippen LogP contribution in [0.1, 0.15) is 25.7 Å². The first kappa shape index (κ1) is 17.9. The second-order valence-corrected chi connectivity index (χ2v) is 7.30. The molecule has 2 N–H and O–H groups in total. The van der Waals surface area contributed by atoms with Gasteiger partial charge in [0.1, 0.15) is 0 Å². The van der Waals surface area contributed by atoms with Crippen molar-refractivity contribution in [2.45, 2.75) is 32.2 Å². The van der Waals surface area contributed by atoms with E-state index in [9.17, 15) is 9.59 Å². The third-order valence-corrected chi connectivity index (χ3v) is 5.22. The Morgan fingerprint density at radius 2 is 2.16 bits per heavy atom. The second-order valence-electron chi connectivity index (χ2n) is 5.83. The Labute approximate surface area is 154 Å². The molecule has 8 heteroatoms. The second kappa shape index (κ2) is 8.44. The summed E-state index contributed by atoms with van der Waals surface area (Å²) in [5.74, 6) is 0.949. The number of aromatic amines is 1. The predicted molar refractivity (Wildman–Crippen MR) is 105 cm³/mol. The van der Waals surface area contributed by atoms with Crippen LogP contribution in [0, 0.1) is 4.77 Å². The fourth-order valence-electron chi connectivity index (χ4n) is 2.73. The van der Waals surface area contributed by atoms with E-state index in [1.54, 1.807) is 22.4 Å². The SMILES string of the molecule is O=C(CCCCCn1c(=S)[nH]c2ccccc2c1=O)NC1=NCCS1. The number of aromatic nitrogens is 2. The topological polar surface area (TPSA) is 79.2 Å². The Balaban J connectivity index is 1.49. The van der Waals surface area contributed by atoms with Crippen LogP contribution in [0.25, 0.3) is 10.9 Å². The van der Waals surface area contributed by atoms with Crippen molar-refractivity contribution in [3.63, 3.8) is 0 Å². The van der Waals surface area contributed by atoms with Crippen molar-refractivity contribution in [2.24, 2.45) is 4.99 Å². The zero-order valence-corrected chi connectivity index (χ0v) is 15.4. The number of nitrogens with zero attached hydrogens (tertiary/aromatic N) is 2. The quantitative estimate of drug-likeness (QED) is 0.600. The third-order valence-electron chi connectivity index (χ3n) is 4.01. The lowest BCUT2D eigenvalue weighted by Gasteiger charge is -2.08. The van der Waals surface area contributed by atoms with Gasteiger partial charge in [0.15, 0.2) is 9.94 Å². The van der Waals surface area contributed by atoms with Gasteiger partial charge in [0, 0.05) is 18.7 Å². The van der Waals surface area contributed by atoms with Crippen LogP contribution in [0.5, 0.6) is 0 Å². The Morgan fingerprint density at radius 1 is 1.32 bits per heavy atom. The molecule has 2 heterocycles. The molecule has 0 aliphatic carbocycles. The maximum Gasteiger partial charge on any atom is 0.262 e. The summed E-state index contributed by atoms with van der Waals surface area (Å²) < 4.78 is 2.04. The fourth-order valence-corrected chi connectivity index (χ4v) is 3.76. The highest BCUT2D eigenvalue weighted by atomic mass is 32.2. The van der Waals surface area contributed by atoms with Gasteiger partial charge in [-0.1, -0.05) is 30.3 Å². The molecular weight excluding hydrogens is 356 g/mol. The number of thioether (sulfide) groups is 1. The van der Waals surface area contributed by atoms with Crippen molar-refractivity contribution in [1.29, 1.82) is 0 Å². The number of carbonyl (C=O) groups is 1. The van der Waals surface area contributed by atoms with E-state index in [0.29, 0.717) is 23.1 Å². The molecule has 0 bridgehead atoms. The molecule has 132 valence electrons. The summed E-state index contributed by atoms with van der Waals surface area (Å²) in [5, 5.41) is 4.20. The van der Waals surface area contributed by atoms with Crippen molar-refractivity contribution >= 4 is 46.0 Å². The number of fused-ring (bicyclic) bond motifs is 1. The molecule has 0 saturated heterocycles. The predicted octanol–water partition coefficient (Wildman–Crippen LogP) is 2.84. The maximum absolute atomic E-state index is 12.5. The van der Waals surface area contributed by atoms with Crippen LogP contribution in [-0.4, -0.2) is 32.9 Å². The molecular formula is C17H20N4O2S2. The first-order valence-electron chi connectivity index (χ1n) is 8.34. The van der Waals surface area contributed by atoms with Gasteiger partial charge in [0.05, 0.1) is 17.4 Å². The number of unbranched alkanes of at least 4 members (excludes halogenated alkanes) is 2. The van der Waals surface area contributed by atoms with Crippen LogP contribution in [0.15, 0.2) is 34.1 Å². The van der Waals surface area contributed by atoms with Crippen molar-refractivity contribution in [1.82, 2.24) is 14.9 Å². The Kier molecular flexibility index (Phi) is 6.04. The molecule has 25 heavy (non-hydrogen) atoms. The van der Waals surface area contributed by atoms with Gasteiger partial charge in [-0.3, -0.25) is 19.1 Å². The highest BCUT2D eigenvalue weighted by Crippen LogP contribution is 2.10. The van der Waals surface area contributed by atoms with E-state index in [1.807, 2.05) is 18.2 Å². The van der Waals surface area contributed by atoms with Crippen molar-refractivity contribution in [2.75, 3.05) is 12.3 Å². The van der Waals surface area contributed by atoms with Gasteiger partial charge >= 0.3 is 0 Å². The normalized spacial score (nSPS) is 13.8. The molecule has 6 nitrogen and oxygen atoms in total. The highest BCUT2D eigenvalue weighted by molar-refractivity contribution is 8.14. The molecule has 2 aromatic rings. The van der Waals surface area contributed by atoms with Crippen molar-refractivity contribution < 1.29 is 4.79 Å². The van der Waals surface area contributed by atoms with Crippen molar-refractivity contribution in [3.05, 3.63) is 39.4 Å². The van der Waals surface area contributed by atoms with Gasteiger partial charge in [-0.15, -0.1) is 0 Å². The van der Waals surface area contributed by atoms with Crippen LogP contribution < -0.4 is 10.9 Å². The fraction of sp³-hybridized carbons (Fsp3) is 0.412. The highest BCUT2D eigenvalue weighted by Gasteiger charge is 2.10. The van der Waals surface area contributed by atoms with Crippen LogP contribution in [0.3, 0.4) is 0 Å². The van der Waals surface area contributed by atoms with E-state index in [0.717, 1.165) is 42.2 Å². The molecule has 0 saturated carbocycles.